The molecule has 622 valence electrons. The molecule has 0 aromatic rings. The summed E-state index contributed by atoms with van der Waals surface area (Å²) in [6, 6.07) is 0. The first-order chi connectivity index (χ1) is 51.3. The highest BCUT2D eigenvalue weighted by Gasteiger charge is 2.28. The molecule has 106 heavy (non-hydrogen) atoms. The molecule has 0 fully saturated rings. The van der Waals surface area contributed by atoms with E-state index in [2.05, 4.69) is 97.9 Å². The zero-order valence-electron chi connectivity index (χ0n) is 69.0. The van der Waals surface area contributed by atoms with Crippen LogP contribution in [0, 0.1) is 23.7 Å². The van der Waals surface area contributed by atoms with E-state index >= 15 is 0 Å². The van der Waals surface area contributed by atoms with Crippen molar-refractivity contribution in [1.29, 1.82) is 0 Å². The van der Waals surface area contributed by atoms with Crippen LogP contribution in [0.5, 0.6) is 0 Å². The van der Waals surface area contributed by atoms with Crippen molar-refractivity contribution in [3.8, 4) is 0 Å². The molecule has 0 heterocycles. The van der Waals surface area contributed by atoms with Crippen molar-refractivity contribution >= 4 is 47.3 Å². The average molecular weight is 1510 g/mol. The largest absolute Gasteiger partial charge is 0.382 e. The molecular formula is C83H163N11O12. The minimum absolute atomic E-state index is 0.0259. The summed E-state index contributed by atoms with van der Waals surface area (Å²) in [7, 11) is 1.91. The number of rotatable bonds is 76. The molecule has 0 saturated heterocycles. The van der Waals surface area contributed by atoms with E-state index in [0.29, 0.717) is 25.9 Å². The molecule has 0 aliphatic heterocycles. The van der Waals surface area contributed by atoms with Crippen molar-refractivity contribution in [3.05, 3.63) is 0 Å². The number of hydrogen-bond donors (Lipinski definition) is 12. The van der Waals surface area contributed by atoms with Gasteiger partial charge in [0.2, 0.25) is 47.3 Å². The lowest BCUT2D eigenvalue weighted by Gasteiger charge is -2.28. The Kier molecular flexibility index (Phi) is 67.8. The molecule has 0 rings (SSSR count). The lowest BCUT2D eigenvalue weighted by atomic mass is 9.93. The first-order valence-corrected chi connectivity index (χ1v) is 43.3. The molecule has 8 amide bonds. The maximum Gasteiger partial charge on any atom is 0.250 e. The molecule has 12 N–H and O–H groups in total. The Hall–Kier alpha value is -4.52. The molecule has 0 saturated carbocycles. The first-order valence-electron chi connectivity index (χ1n) is 43.3. The van der Waals surface area contributed by atoms with Crippen molar-refractivity contribution in [3.63, 3.8) is 0 Å². The zero-order valence-corrected chi connectivity index (χ0v) is 69.0. The van der Waals surface area contributed by atoms with Crippen LogP contribution in [0.2, 0.25) is 0 Å². The predicted octanol–water partition coefficient (Wildman–Crippen LogP) is 10.9. The van der Waals surface area contributed by atoms with Gasteiger partial charge in [-0.3, -0.25) is 48.2 Å². The van der Waals surface area contributed by atoms with Crippen LogP contribution in [-0.4, -0.2) is 219 Å². The van der Waals surface area contributed by atoms with E-state index in [0.717, 1.165) is 257 Å². The van der Waals surface area contributed by atoms with E-state index in [9.17, 15) is 58.8 Å². The Morgan fingerprint density at radius 2 is 0.387 bits per heavy atom. The van der Waals surface area contributed by atoms with Gasteiger partial charge < -0.3 is 67.9 Å². The summed E-state index contributed by atoms with van der Waals surface area (Å²) in [5, 5.41) is 68.4. The molecule has 4 atom stereocenters. The van der Waals surface area contributed by atoms with Crippen LogP contribution in [0.4, 0.5) is 0 Å². The average Bonchev–Trinajstić information content (AvgIpc) is 0.904. The molecule has 0 aliphatic rings. The van der Waals surface area contributed by atoms with Gasteiger partial charge in [-0.1, -0.05) is 261 Å². The standard InChI is InChI=1S/C83H163N11O12/c1-10-18-26-34-44-68(45-35-27-19-11-2)76(99)84-52-56-88-80(103)72(95)64-93(65-73(96)81(104)89-57-53-85-77(100)69(46-36-28-20-12-3)47-37-29-21-13-4)62-42-60-92(9)61-43-63-94(66-74(97)82(105)90-58-54-86-78(101)70(48-38-30-22-14-5)49-39-31-23-15-6)67-75(98)83(106)91-59-55-87-79(102)71(50-40-32-24-16-7)51-41-33-25-17-8/h68-75,95-98H,10-67H2,1-9H3,(H,84,99)(H,85,100)(H,86,101)(H,87,102)(H,88,103)(H,89,104)(H,90,105)(H,91,106). The van der Waals surface area contributed by atoms with Crippen molar-refractivity contribution in [2.75, 3.05) is 112 Å². The topological polar surface area (TPSA) is 323 Å². The van der Waals surface area contributed by atoms with Gasteiger partial charge in [0.1, 0.15) is 24.4 Å². The van der Waals surface area contributed by atoms with E-state index < -0.39 is 48.0 Å². The second kappa shape index (κ2) is 70.8. The van der Waals surface area contributed by atoms with Crippen molar-refractivity contribution < 1.29 is 58.8 Å². The third kappa shape index (κ3) is 55.8. The summed E-state index contributed by atoms with van der Waals surface area (Å²) in [5.41, 5.74) is 0. The van der Waals surface area contributed by atoms with E-state index in [4.69, 9.17) is 0 Å². The summed E-state index contributed by atoms with van der Waals surface area (Å²) < 4.78 is 0. The maximum atomic E-state index is 13.5. The summed E-state index contributed by atoms with van der Waals surface area (Å²) in [4.78, 5) is 113. The summed E-state index contributed by atoms with van der Waals surface area (Å²) in [5.74, 6) is -3.13. The van der Waals surface area contributed by atoms with Crippen molar-refractivity contribution in [1.82, 2.24) is 57.2 Å². The van der Waals surface area contributed by atoms with Crippen molar-refractivity contribution in [2.24, 2.45) is 23.7 Å². The lowest BCUT2D eigenvalue weighted by molar-refractivity contribution is -0.133. The number of hydrogen-bond acceptors (Lipinski definition) is 15. The minimum Gasteiger partial charge on any atom is -0.382 e. The minimum atomic E-state index is -1.54. The molecule has 23 heteroatoms. The van der Waals surface area contributed by atoms with E-state index in [1.165, 1.54) is 0 Å². The van der Waals surface area contributed by atoms with Gasteiger partial charge in [0.15, 0.2) is 0 Å². The first kappa shape index (κ1) is 101. The van der Waals surface area contributed by atoms with Crippen LogP contribution in [0.1, 0.15) is 325 Å². The fourth-order valence-electron chi connectivity index (χ4n) is 13.8. The maximum absolute atomic E-state index is 13.5. The molecule has 23 nitrogen and oxygen atoms in total. The van der Waals surface area contributed by atoms with Gasteiger partial charge in [-0.25, -0.2) is 0 Å². The third-order valence-corrected chi connectivity index (χ3v) is 20.6. The van der Waals surface area contributed by atoms with Gasteiger partial charge in [-0.05, 0) is 97.4 Å². The van der Waals surface area contributed by atoms with Crippen LogP contribution in [0.25, 0.3) is 0 Å². The molecule has 0 aliphatic carbocycles. The third-order valence-electron chi connectivity index (χ3n) is 20.6. The van der Waals surface area contributed by atoms with Crippen LogP contribution in [0.3, 0.4) is 0 Å². The second-order valence-corrected chi connectivity index (χ2v) is 30.5. The second-order valence-electron chi connectivity index (χ2n) is 30.5. The monoisotopic (exact) mass is 1510 g/mol. The predicted molar refractivity (Wildman–Crippen MR) is 432 cm³/mol. The van der Waals surface area contributed by atoms with Crippen LogP contribution in [-0.2, 0) is 38.4 Å². The molecule has 4 unspecified atom stereocenters. The van der Waals surface area contributed by atoms with Gasteiger partial charge in [-0.15, -0.1) is 0 Å². The number of aliphatic hydroxyl groups is 4. The molecule has 0 radical (unpaired) electrons. The van der Waals surface area contributed by atoms with Gasteiger partial charge in [0, 0.05) is 102 Å². The molecule has 0 spiro atoms. The van der Waals surface area contributed by atoms with Crippen molar-refractivity contribution in [2.45, 2.75) is 349 Å². The molecule has 0 bridgehead atoms. The van der Waals surface area contributed by atoms with Gasteiger partial charge in [-0.2, -0.15) is 0 Å². The molecular weight excluding hydrogens is 1340 g/mol. The van der Waals surface area contributed by atoms with E-state index in [1.807, 2.05) is 11.9 Å². The quantitative estimate of drug-likeness (QED) is 0.0252. The van der Waals surface area contributed by atoms with Gasteiger partial charge in [0.25, 0.3) is 0 Å². The smallest absolute Gasteiger partial charge is 0.250 e. The van der Waals surface area contributed by atoms with Gasteiger partial charge in [0.05, 0.1) is 0 Å². The van der Waals surface area contributed by atoms with Crippen LogP contribution < -0.4 is 42.5 Å². The summed E-state index contributed by atoms with van der Waals surface area (Å²) >= 11 is 0. The Labute approximate surface area is 645 Å². The highest BCUT2D eigenvalue weighted by atomic mass is 16.3. The fourth-order valence-corrected chi connectivity index (χ4v) is 13.8. The number of carbonyl (C=O) groups is 8. The number of unbranched alkanes of at least 4 members (excludes halogenated alkanes) is 24. The Morgan fingerprint density at radius 3 is 0.547 bits per heavy atom. The zero-order chi connectivity index (χ0) is 78.6. The van der Waals surface area contributed by atoms with E-state index in [-0.39, 0.29) is 139 Å². The Morgan fingerprint density at radius 1 is 0.226 bits per heavy atom. The van der Waals surface area contributed by atoms with Crippen LogP contribution in [0.15, 0.2) is 0 Å². The lowest BCUT2D eigenvalue weighted by Crippen LogP contribution is -2.50. The van der Waals surface area contributed by atoms with Crippen LogP contribution >= 0.6 is 0 Å². The highest BCUT2D eigenvalue weighted by Crippen LogP contribution is 2.23. The Balaban J connectivity index is 6.35. The van der Waals surface area contributed by atoms with E-state index in [1.54, 1.807) is 9.80 Å². The number of amides is 8. The summed E-state index contributed by atoms with van der Waals surface area (Å²) in [6.45, 7) is 19.2. The Bertz CT molecular complexity index is 1860. The number of carbonyl (C=O) groups excluding carboxylic acids is 8. The normalized spacial score (nSPS) is 12.9. The molecule has 0 aromatic carbocycles. The molecule has 0 aromatic heterocycles. The summed E-state index contributed by atoms with van der Waals surface area (Å²) in [6.07, 6.45) is 35.8. The number of nitrogens with one attached hydrogen (secondary N) is 8. The number of nitrogens with zero attached hydrogens (tertiary/aromatic N) is 3. The highest BCUT2D eigenvalue weighted by molar-refractivity contribution is 5.83. The SMILES string of the molecule is CCCCCCC(CCCCCC)C(=O)NCCNC(=O)C(O)CN(CCCN(C)CCCN(CC(O)C(=O)NCCNC(=O)C(CCCCCC)CCCCCC)CC(O)C(=O)NCCNC(=O)C(CCCCCC)CCCCCC)CC(O)C(=O)NCCNC(=O)C(CCCCCC)CCCCCC. The van der Waals surface area contributed by atoms with Gasteiger partial charge >= 0.3 is 0 Å². The fraction of sp³-hybridized carbons (Fsp3) is 0.904. The number of aliphatic hydroxyl groups excluding tert-OH is 4.